The van der Waals surface area contributed by atoms with Gasteiger partial charge in [0.25, 0.3) is 0 Å². The van der Waals surface area contributed by atoms with Gasteiger partial charge in [-0.05, 0) is 30.7 Å². The van der Waals surface area contributed by atoms with E-state index in [0.29, 0.717) is 11.4 Å². The first-order chi connectivity index (χ1) is 8.89. The fraction of sp³-hybridized carbons (Fsp3) is 0.154. The van der Waals surface area contributed by atoms with Gasteiger partial charge in [0.2, 0.25) is 5.88 Å². The normalized spacial score (nSPS) is 11.3. The van der Waals surface area contributed by atoms with Gasteiger partial charge in [0, 0.05) is 12.5 Å². The third-order valence-electron chi connectivity index (χ3n) is 2.63. The van der Waals surface area contributed by atoms with Crippen LogP contribution in [0.15, 0.2) is 41.4 Å². The molecule has 2 N–H and O–H groups in total. The maximum absolute atomic E-state index is 11.6. The molecule has 0 aliphatic carbocycles. The van der Waals surface area contributed by atoms with Crippen LogP contribution < -0.4 is 10.5 Å². The van der Waals surface area contributed by atoms with Crippen molar-refractivity contribution in [2.24, 2.45) is 0 Å². The van der Waals surface area contributed by atoms with Crippen molar-refractivity contribution in [1.82, 2.24) is 4.98 Å². The zero-order chi connectivity index (χ0) is 14.0. The van der Waals surface area contributed by atoms with Crippen molar-refractivity contribution in [2.45, 2.75) is 11.8 Å². The zero-order valence-corrected chi connectivity index (χ0v) is 11.4. The molecule has 0 spiro atoms. The van der Waals surface area contributed by atoms with Crippen LogP contribution in [0.2, 0.25) is 0 Å². The number of sulfone groups is 1. The van der Waals surface area contributed by atoms with E-state index in [2.05, 4.69) is 4.98 Å². The molecule has 0 atom stereocenters. The van der Waals surface area contributed by atoms with E-state index < -0.39 is 9.84 Å². The summed E-state index contributed by atoms with van der Waals surface area (Å²) in [4.78, 5) is 3.99. The van der Waals surface area contributed by atoms with Crippen LogP contribution in [0.4, 0.5) is 5.69 Å². The average molecular weight is 278 g/mol. The highest BCUT2D eigenvalue weighted by Crippen LogP contribution is 2.31. The Kier molecular flexibility index (Phi) is 3.44. The van der Waals surface area contributed by atoms with Gasteiger partial charge in [-0.2, -0.15) is 0 Å². The molecule has 100 valence electrons. The van der Waals surface area contributed by atoms with Gasteiger partial charge < -0.3 is 10.5 Å². The van der Waals surface area contributed by atoms with E-state index in [-0.39, 0.29) is 10.8 Å². The molecule has 6 heteroatoms. The zero-order valence-electron chi connectivity index (χ0n) is 10.6. The van der Waals surface area contributed by atoms with E-state index in [0.717, 1.165) is 11.8 Å². The number of nitrogens with zero attached hydrogens (tertiary/aromatic N) is 1. The highest BCUT2D eigenvalue weighted by atomic mass is 32.2. The van der Waals surface area contributed by atoms with Gasteiger partial charge >= 0.3 is 0 Å². The highest BCUT2D eigenvalue weighted by molar-refractivity contribution is 7.90. The number of anilines is 1. The Balaban J connectivity index is 2.48. The van der Waals surface area contributed by atoms with Crippen LogP contribution in [0.5, 0.6) is 11.6 Å². The standard InChI is InChI=1S/C13H14N2O3S/c1-9-5-3-6-10(12(9)14)18-13-11(19(2,16)17)7-4-8-15-13/h3-8H,14H2,1-2H3. The van der Waals surface area contributed by atoms with Crippen molar-refractivity contribution in [1.29, 1.82) is 0 Å². The summed E-state index contributed by atoms with van der Waals surface area (Å²) in [7, 11) is -3.40. The topological polar surface area (TPSA) is 82.3 Å². The smallest absolute Gasteiger partial charge is 0.238 e. The van der Waals surface area contributed by atoms with E-state index in [1.165, 1.54) is 12.3 Å². The first-order valence-electron chi connectivity index (χ1n) is 5.57. The second-order valence-electron chi connectivity index (χ2n) is 4.17. The number of ether oxygens (including phenoxy) is 1. The van der Waals surface area contributed by atoms with E-state index in [4.69, 9.17) is 10.5 Å². The lowest BCUT2D eigenvalue weighted by molar-refractivity contribution is 0.449. The summed E-state index contributed by atoms with van der Waals surface area (Å²) in [6.07, 6.45) is 2.58. The molecule has 1 heterocycles. The fourth-order valence-corrected chi connectivity index (χ4v) is 2.32. The van der Waals surface area contributed by atoms with Crippen molar-refractivity contribution in [2.75, 3.05) is 12.0 Å². The molecule has 1 aromatic heterocycles. The molecule has 0 radical (unpaired) electrons. The summed E-state index contributed by atoms with van der Waals surface area (Å²) in [5.41, 5.74) is 7.21. The number of aromatic nitrogens is 1. The Morgan fingerprint density at radius 2 is 1.95 bits per heavy atom. The molecule has 0 amide bonds. The number of benzene rings is 1. The number of para-hydroxylation sites is 1. The average Bonchev–Trinajstić information content (AvgIpc) is 2.34. The molecule has 0 aliphatic rings. The maximum atomic E-state index is 11.6. The Morgan fingerprint density at radius 3 is 2.63 bits per heavy atom. The summed E-state index contributed by atoms with van der Waals surface area (Å²) in [5, 5.41) is 0. The minimum absolute atomic E-state index is 0.0299. The van der Waals surface area contributed by atoms with Crippen LogP contribution in [-0.2, 0) is 9.84 Å². The first-order valence-corrected chi connectivity index (χ1v) is 7.47. The molecule has 0 fully saturated rings. The van der Waals surface area contributed by atoms with Gasteiger partial charge in [0.05, 0.1) is 5.69 Å². The van der Waals surface area contributed by atoms with Gasteiger partial charge in [-0.15, -0.1) is 0 Å². The lowest BCUT2D eigenvalue weighted by atomic mass is 10.2. The molecule has 0 saturated carbocycles. The molecular weight excluding hydrogens is 264 g/mol. The number of rotatable bonds is 3. The predicted octanol–water partition coefficient (Wildman–Crippen LogP) is 2.17. The molecule has 19 heavy (non-hydrogen) atoms. The summed E-state index contributed by atoms with van der Waals surface area (Å²) >= 11 is 0. The number of nitrogen functional groups attached to an aromatic ring is 1. The van der Waals surface area contributed by atoms with E-state index >= 15 is 0 Å². The number of aryl methyl sites for hydroxylation is 1. The molecule has 0 aliphatic heterocycles. The van der Waals surface area contributed by atoms with Gasteiger partial charge in [-0.1, -0.05) is 12.1 Å². The van der Waals surface area contributed by atoms with Crippen LogP contribution in [0.1, 0.15) is 5.56 Å². The number of pyridine rings is 1. The monoisotopic (exact) mass is 278 g/mol. The summed E-state index contributed by atoms with van der Waals surface area (Å²) in [5.74, 6) is 0.422. The number of hydrogen-bond acceptors (Lipinski definition) is 5. The van der Waals surface area contributed by atoms with Crippen LogP contribution in [0, 0.1) is 6.92 Å². The summed E-state index contributed by atoms with van der Waals surface area (Å²) in [6.45, 7) is 1.85. The molecule has 1 aromatic carbocycles. The minimum Gasteiger partial charge on any atom is -0.436 e. The molecular formula is C13H14N2O3S. The minimum atomic E-state index is -3.40. The van der Waals surface area contributed by atoms with Crippen molar-refractivity contribution in [3.05, 3.63) is 42.1 Å². The third-order valence-corrected chi connectivity index (χ3v) is 3.74. The Bertz CT molecular complexity index is 712. The third kappa shape index (κ3) is 2.85. The molecule has 2 rings (SSSR count). The predicted molar refractivity (Wildman–Crippen MR) is 73.0 cm³/mol. The van der Waals surface area contributed by atoms with Crippen LogP contribution in [-0.4, -0.2) is 19.7 Å². The van der Waals surface area contributed by atoms with Crippen LogP contribution in [0.3, 0.4) is 0 Å². The highest BCUT2D eigenvalue weighted by Gasteiger charge is 2.16. The largest absolute Gasteiger partial charge is 0.436 e. The van der Waals surface area contributed by atoms with E-state index in [1.807, 2.05) is 13.0 Å². The summed E-state index contributed by atoms with van der Waals surface area (Å²) < 4.78 is 28.8. The second-order valence-corrected chi connectivity index (χ2v) is 6.15. The van der Waals surface area contributed by atoms with Crippen LogP contribution in [0.25, 0.3) is 0 Å². The van der Waals surface area contributed by atoms with E-state index in [1.54, 1.807) is 18.2 Å². The van der Waals surface area contributed by atoms with Crippen molar-refractivity contribution >= 4 is 15.5 Å². The molecule has 0 bridgehead atoms. The molecule has 0 saturated heterocycles. The molecule has 5 nitrogen and oxygen atoms in total. The fourth-order valence-electron chi connectivity index (χ4n) is 1.58. The quantitative estimate of drug-likeness (QED) is 0.870. The van der Waals surface area contributed by atoms with Gasteiger partial charge in [0.1, 0.15) is 4.90 Å². The van der Waals surface area contributed by atoms with E-state index in [9.17, 15) is 8.42 Å². The van der Waals surface area contributed by atoms with Gasteiger partial charge in [-0.3, -0.25) is 0 Å². The van der Waals surface area contributed by atoms with Crippen molar-refractivity contribution < 1.29 is 13.2 Å². The Morgan fingerprint density at radius 1 is 1.21 bits per heavy atom. The summed E-state index contributed by atoms with van der Waals surface area (Å²) in [6, 6.07) is 8.29. The Labute approximate surface area is 112 Å². The lowest BCUT2D eigenvalue weighted by Gasteiger charge is -2.11. The lowest BCUT2D eigenvalue weighted by Crippen LogP contribution is -2.03. The first kappa shape index (κ1) is 13.4. The van der Waals surface area contributed by atoms with Crippen molar-refractivity contribution in [3.63, 3.8) is 0 Å². The number of hydrogen-bond donors (Lipinski definition) is 1. The van der Waals surface area contributed by atoms with Crippen LogP contribution >= 0.6 is 0 Å². The van der Waals surface area contributed by atoms with Gasteiger partial charge in [-0.25, -0.2) is 13.4 Å². The molecule has 0 unspecified atom stereocenters. The molecule has 2 aromatic rings. The maximum Gasteiger partial charge on any atom is 0.238 e. The number of nitrogens with two attached hydrogens (primary N) is 1. The SMILES string of the molecule is Cc1cccc(Oc2ncccc2S(C)(=O)=O)c1N. The van der Waals surface area contributed by atoms with Gasteiger partial charge in [0.15, 0.2) is 15.6 Å². The van der Waals surface area contributed by atoms with Crippen molar-refractivity contribution in [3.8, 4) is 11.6 Å². The Hall–Kier alpha value is -2.08. The second kappa shape index (κ2) is 4.89.